The fourth-order valence-electron chi connectivity index (χ4n) is 3.07. The van der Waals surface area contributed by atoms with Crippen LogP contribution in [0, 0.1) is 11.3 Å². The maximum absolute atomic E-state index is 12.6. The Labute approximate surface area is 182 Å². The highest BCUT2D eigenvalue weighted by Gasteiger charge is 2.18. The highest BCUT2D eigenvalue weighted by atomic mass is 79.9. The third-order valence-electron chi connectivity index (χ3n) is 4.40. The Hall–Kier alpha value is -2.95. The first-order valence-corrected chi connectivity index (χ1v) is 10.1. The Morgan fingerprint density at radius 1 is 1.03 bits per heavy atom. The van der Waals surface area contributed by atoms with Crippen LogP contribution in [0.4, 0.5) is 0 Å². The van der Waals surface area contributed by atoms with Gasteiger partial charge in [0.1, 0.15) is 17.2 Å². The van der Waals surface area contributed by atoms with Crippen LogP contribution in [0.3, 0.4) is 0 Å². The Morgan fingerprint density at radius 3 is 2.55 bits per heavy atom. The molecule has 0 unspecified atom stereocenters. The van der Waals surface area contributed by atoms with Crippen LogP contribution in [0.25, 0.3) is 33.4 Å². The topological polar surface area (TPSA) is 76.1 Å². The minimum Gasteiger partial charge on any atom is -0.480 e. The summed E-state index contributed by atoms with van der Waals surface area (Å²) in [5.41, 5.74) is 2.33. The molecule has 4 rings (SSSR count). The van der Waals surface area contributed by atoms with E-state index in [4.69, 9.17) is 9.15 Å². The first-order valence-electron chi connectivity index (χ1n) is 8.49. The molecule has 0 amide bonds. The molecule has 2 aromatic heterocycles. The van der Waals surface area contributed by atoms with Crippen molar-refractivity contribution in [1.82, 2.24) is 4.98 Å². The zero-order chi connectivity index (χ0) is 20.5. The van der Waals surface area contributed by atoms with E-state index in [9.17, 15) is 10.1 Å². The summed E-state index contributed by atoms with van der Waals surface area (Å²) < 4.78 is 12.6. The molecule has 0 saturated carbocycles. The summed E-state index contributed by atoms with van der Waals surface area (Å²) in [4.78, 5) is 17.0. The van der Waals surface area contributed by atoms with E-state index >= 15 is 0 Å². The van der Waals surface area contributed by atoms with Crippen molar-refractivity contribution >= 4 is 42.8 Å². The number of aromatic nitrogens is 1. The van der Waals surface area contributed by atoms with Gasteiger partial charge in [0, 0.05) is 19.9 Å². The lowest BCUT2D eigenvalue weighted by Gasteiger charge is -2.12. The fourth-order valence-corrected chi connectivity index (χ4v) is 3.85. The average molecular weight is 512 g/mol. The fraction of sp³-hybridized carbons (Fsp3) is 0.0455. The number of halogens is 2. The average Bonchev–Trinajstić information content (AvgIpc) is 2.72. The zero-order valence-corrected chi connectivity index (χ0v) is 18.2. The van der Waals surface area contributed by atoms with Gasteiger partial charge in [0.15, 0.2) is 0 Å². The van der Waals surface area contributed by atoms with E-state index in [0.717, 1.165) is 19.9 Å². The summed E-state index contributed by atoms with van der Waals surface area (Å²) in [6, 6.07) is 18.5. The summed E-state index contributed by atoms with van der Waals surface area (Å²) >= 11 is 6.88. The second-order valence-corrected chi connectivity index (χ2v) is 8.02. The molecule has 0 saturated heterocycles. The third kappa shape index (κ3) is 3.69. The molecule has 142 valence electrons. The van der Waals surface area contributed by atoms with Gasteiger partial charge in [0.2, 0.25) is 5.88 Å². The van der Waals surface area contributed by atoms with E-state index in [0.29, 0.717) is 22.4 Å². The van der Waals surface area contributed by atoms with Gasteiger partial charge in [-0.2, -0.15) is 5.26 Å². The van der Waals surface area contributed by atoms with Crippen molar-refractivity contribution in [2.24, 2.45) is 0 Å². The summed E-state index contributed by atoms with van der Waals surface area (Å²) in [7, 11) is 1.44. The first kappa shape index (κ1) is 19.4. The summed E-state index contributed by atoms with van der Waals surface area (Å²) in [6.07, 6.45) is 0. The number of fused-ring (bicyclic) bond motifs is 1. The van der Waals surface area contributed by atoms with Gasteiger partial charge in [-0.3, -0.25) is 0 Å². The maximum atomic E-state index is 12.6. The molecule has 0 atom stereocenters. The second-order valence-electron chi connectivity index (χ2n) is 6.19. The smallest absolute Gasteiger partial charge is 0.345 e. The molecule has 0 fully saturated rings. The minimum absolute atomic E-state index is 0.147. The van der Waals surface area contributed by atoms with Gasteiger partial charge in [0.25, 0.3) is 0 Å². The Morgan fingerprint density at radius 2 is 1.83 bits per heavy atom. The van der Waals surface area contributed by atoms with Gasteiger partial charge in [-0.15, -0.1) is 0 Å². The van der Waals surface area contributed by atoms with E-state index < -0.39 is 5.63 Å². The Balaban J connectivity index is 2.01. The van der Waals surface area contributed by atoms with Crippen molar-refractivity contribution in [3.05, 3.63) is 79.5 Å². The number of benzene rings is 2. The number of pyridine rings is 1. The van der Waals surface area contributed by atoms with E-state index in [1.165, 1.54) is 7.11 Å². The van der Waals surface area contributed by atoms with Gasteiger partial charge >= 0.3 is 5.63 Å². The number of methoxy groups -OCH3 is 1. The van der Waals surface area contributed by atoms with Gasteiger partial charge in [0.05, 0.1) is 18.4 Å². The molecular formula is C22H12Br2N2O3. The minimum atomic E-state index is -0.515. The van der Waals surface area contributed by atoms with Crippen molar-refractivity contribution in [2.45, 2.75) is 0 Å². The first-order chi connectivity index (χ1) is 14.0. The predicted molar refractivity (Wildman–Crippen MR) is 118 cm³/mol. The molecule has 0 spiro atoms. The van der Waals surface area contributed by atoms with Crippen LogP contribution in [-0.4, -0.2) is 12.1 Å². The van der Waals surface area contributed by atoms with Crippen molar-refractivity contribution in [3.8, 4) is 34.3 Å². The van der Waals surface area contributed by atoms with Crippen LogP contribution in [-0.2, 0) is 0 Å². The number of hydrogen-bond donors (Lipinski definition) is 0. The molecule has 29 heavy (non-hydrogen) atoms. The maximum Gasteiger partial charge on any atom is 0.345 e. The summed E-state index contributed by atoms with van der Waals surface area (Å²) in [5, 5.41) is 10.4. The molecule has 0 bridgehead atoms. The molecule has 4 aromatic rings. The lowest BCUT2D eigenvalue weighted by atomic mass is 9.99. The number of rotatable bonds is 3. The highest BCUT2D eigenvalue weighted by Crippen LogP contribution is 2.34. The second kappa shape index (κ2) is 7.82. The Bertz CT molecular complexity index is 1360. The third-order valence-corrected chi connectivity index (χ3v) is 5.38. The van der Waals surface area contributed by atoms with E-state index in [1.54, 1.807) is 24.3 Å². The van der Waals surface area contributed by atoms with Gasteiger partial charge < -0.3 is 9.15 Å². The lowest BCUT2D eigenvalue weighted by Crippen LogP contribution is -2.06. The molecule has 2 heterocycles. The number of hydrogen-bond acceptors (Lipinski definition) is 5. The summed E-state index contributed by atoms with van der Waals surface area (Å²) in [6.45, 7) is 0. The lowest BCUT2D eigenvalue weighted by molar-refractivity contribution is 0.397. The molecule has 2 aromatic carbocycles. The highest BCUT2D eigenvalue weighted by molar-refractivity contribution is 9.10. The summed E-state index contributed by atoms with van der Waals surface area (Å²) in [5.74, 6) is 0.147. The standard InChI is InChI=1S/C22H12Br2N2O3/c1-28-21-18(11-25)16(12-3-2-4-14(23)7-12)10-19(26-21)17-9-13-8-15(24)5-6-20(13)29-22(17)27/h2-10H,1H3. The molecule has 0 radical (unpaired) electrons. The van der Waals surface area contributed by atoms with Gasteiger partial charge in [-0.05, 0) is 48.0 Å². The van der Waals surface area contributed by atoms with Crippen LogP contribution in [0.2, 0.25) is 0 Å². The van der Waals surface area contributed by atoms with E-state index in [2.05, 4.69) is 42.9 Å². The normalized spacial score (nSPS) is 10.7. The van der Waals surface area contributed by atoms with Crippen molar-refractivity contribution in [3.63, 3.8) is 0 Å². The number of ether oxygens (including phenoxy) is 1. The van der Waals surface area contributed by atoms with Gasteiger partial charge in [-0.25, -0.2) is 9.78 Å². The SMILES string of the molecule is COc1nc(-c2cc3cc(Br)ccc3oc2=O)cc(-c2cccc(Br)c2)c1C#N. The van der Waals surface area contributed by atoms with Crippen molar-refractivity contribution < 1.29 is 9.15 Å². The largest absolute Gasteiger partial charge is 0.480 e. The van der Waals surface area contributed by atoms with Crippen molar-refractivity contribution in [2.75, 3.05) is 7.11 Å². The number of nitrogens with zero attached hydrogens (tertiary/aromatic N) is 2. The van der Waals surface area contributed by atoms with Crippen LogP contribution in [0.5, 0.6) is 5.88 Å². The van der Waals surface area contributed by atoms with E-state index in [-0.39, 0.29) is 11.4 Å². The van der Waals surface area contributed by atoms with Crippen molar-refractivity contribution in [1.29, 1.82) is 5.26 Å². The molecule has 0 aliphatic rings. The van der Waals surface area contributed by atoms with Crippen LogP contribution >= 0.6 is 31.9 Å². The molecule has 0 N–H and O–H groups in total. The molecular weight excluding hydrogens is 500 g/mol. The quantitative estimate of drug-likeness (QED) is 0.319. The van der Waals surface area contributed by atoms with E-state index in [1.807, 2.05) is 30.3 Å². The molecule has 0 aliphatic heterocycles. The number of nitriles is 1. The molecule has 7 heteroatoms. The van der Waals surface area contributed by atoms with Gasteiger partial charge in [-0.1, -0.05) is 44.0 Å². The van der Waals surface area contributed by atoms with Crippen LogP contribution in [0.1, 0.15) is 5.56 Å². The Kier molecular flexibility index (Phi) is 5.22. The van der Waals surface area contributed by atoms with Crippen LogP contribution in [0.15, 0.2) is 72.8 Å². The predicted octanol–water partition coefficient (Wildman–Crippen LogP) is 5.93. The monoisotopic (exact) mass is 510 g/mol. The zero-order valence-electron chi connectivity index (χ0n) is 15.1. The van der Waals surface area contributed by atoms with Crippen LogP contribution < -0.4 is 10.4 Å². The molecule has 5 nitrogen and oxygen atoms in total. The molecule has 0 aliphatic carbocycles.